The molecule has 1 saturated heterocycles. The SMILES string of the molecule is CC(C)(C)OC(=O)N[C@@H]1CCN(Cc2cccc(Cl)c2)C1. The highest BCUT2D eigenvalue weighted by atomic mass is 35.5. The summed E-state index contributed by atoms with van der Waals surface area (Å²) in [7, 11) is 0. The third kappa shape index (κ3) is 5.56. The molecule has 0 unspecified atom stereocenters. The number of amides is 1. The van der Waals surface area contributed by atoms with Crippen molar-refractivity contribution in [2.75, 3.05) is 13.1 Å². The monoisotopic (exact) mass is 310 g/mol. The normalized spacial score (nSPS) is 19.5. The molecule has 5 heteroatoms. The lowest BCUT2D eigenvalue weighted by Gasteiger charge is -2.22. The highest BCUT2D eigenvalue weighted by molar-refractivity contribution is 6.30. The Morgan fingerprint density at radius 1 is 1.48 bits per heavy atom. The third-order valence-electron chi connectivity index (χ3n) is 3.29. The number of nitrogens with zero attached hydrogens (tertiary/aromatic N) is 1. The molecule has 1 heterocycles. The molecule has 0 spiro atoms. The van der Waals surface area contributed by atoms with E-state index in [1.165, 1.54) is 5.56 Å². The summed E-state index contributed by atoms with van der Waals surface area (Å²) < 4.78 is 5.28. The summed E-state index contributed by atoms with van der Waals surface area (Å²) in [5.74, 6) is 0. The zero-order valence-electron chi connectivity index (χ0n) is 12.9. The van der Waals surface area contributed by atoms with Gasteiger partial charge < -0.3 is 10.1 Å². The summed E-state index contributed by atoms with van der Waals surface area (Å²) in [6.45, 7) is 8.26. The van der Waals surface area contributed by atoms with Crippen LogP contribution in [0.25, 0.3) is 0 Å². The molecule has 0 saturated carbocycles. The maximum Gasteiger partial charge on any atom is 0.407 e. The van der Waals surface area contributed by atoms with Gasteiger partial charge in [0.05, 0.1) is 0 Å². The summed E-state index contributed by atoms with van der Waals surface area (Å²) in [5, 5.41) is 3.69. The Balaban J connectivity index is 1.80. The molecule has 2 rings (SSSR count). The minimum atomic E-state index is -0.455. The largest absolute Gasteiger partial charge is 0.444 e. The van der Waals surface area contributed by atoms with Crippen LogP contribution in [0.15, 0.2) is 24.3 Å². The molecule has 1 fully saturated rings. The highest BCUT2D eigenvalue weighted by Gasteiger charge is 2.26. The summed E-state index contributed by atoms with van der Waals surface area (Å²) in [6, 6.07) is 8.04. The summed E-state index contributed by atoms with van der Waals surface area (Å²) >= 11 is 6.00. The summed E-state index contributed by atoms with van der Waals surface area (Å²) in [5.41, 5.74) is 0.740. The molecule has 0 aromatic heterocycles. The van der Waals surface area contributed by atoms with Gasteiger partial charge in [-0.1, -0.05) is 23.7 Å². The molecule has 0 aliphatic carbocycles. The Kier molecular flexibility index (Phi) is 5.12. The van der Waals surface area contributed by atoms with E-state index >= 15 is 0 Å². The van der Waals surface area contributed by atoms with Gasteiger partial charge in [-0.3, -0.25) is 4.90 Å². The number of alkyl carbamates (subject to hydrolysis) is 1. The molecular weight excluding hydrogens is 288 g/mol. The molecule has 0 bridgehead atoms. The van der Waals surface area contributed by atoms with E-state index in [9.17, 15) is 4.79 Å². The van der Waals surface area contributed by atoms with Crippen LogP contribution in [0.1, 0.15) is 32.8 Å². The van der Waals surface area contributed by atoms with Gasteiger partial charge in [-0.05, 0) is 44.9 Å². The first-order valence-corrected chi connectivity index (χ1v) is 7.66. The van der Waals surface area contributed by atoms with E-state index in [2.05, 4.69) is 16.3 Å². The van der Waals surface area contributed by atoms with Crippen molar-refractivity contribution in [2.24, 2.45) is 0 Å². The van der Waals surface area contributed by atoms with Crippen LogP contribution in [0.4, 0.5) is 4.79 Å². The van der Waals surface area contributed by atoms with Crippen molar-refractivity contribution in [1.82, 2.24) is 10.2 Å². The number of hydrogen-bond acceptors (Lipinski definition) is 3. The molecule has 1 aliphatic rings. The molecule has 116 valence electrons. The van der Waals surface area contributed by atoms with Crippen molar-refractivity contribution < 1.29 is 9.53 Å². The first-order valence-electron chi connectivity index (χ1n) is 7.28. The Bertz CT molecular complexity index is 499. The van der Waals surface area contributed by atoms with E-state index in [0.29, 0.717) is 0 Å². The van der Waals surface area contributed by atoms with Crippen LogP contribution < -0.4 is 5.32 Å². The van der Waals surface area contributed by atoms with E-state index in [4.69, 9.17) is 16.3 Å². The van der Waals surface area contributed by atoms with Crippen molar-refractivity contribution in [2.45, 2.75) is 45.4 Å². The van der Waals surface area contributed by atoms with E-state index in [-0.39, 0.29) is 12.1 Å². The van der Waals surface area contributed by atoms with E-state index < -0.39 is 5.60 Å². The Labute approximate surface area is 131 Å². The molecule has 21 heavy (non-hydrogen) atoms. The van der Waals surface area contributed by atoms with Gasteiger partial charge in [-0.2, -0.15) is 0 Å². The smallest absolute Gasteiger partial charge is 0.407 e. The van der Waals surface area contributed by atoms with Gasteiger partial charge in [0.25, 0.3) is 0 Å². The van der Waals surface area contributed by atoms with Crippen molar-refractivity contribution >= 4 is 17.7 Å². The Hall–Kier alpha value is -1.26. The van der Waals surface area contributed by atoms with Crippen LogP contribution >= 0.6 is 11.6 Å². The predicted molar refractivity (Wildman–Crippen MR) is 84.5 cm³/mol. The number of nitrogens with one attached hydrogen (secondary N) is 1. The molecule has 0 radical (unpaired) electrons. The van der Waals surface area contributed by atoms with Crippen LogP contribution in [0, 0.1) is 0 Å². The second kappa shape index (κ2) is 6.67. The third-order valence-corrected chi connectivity index (χ3v) is 3.52. The van der Waals surface area contributed by atoms with Crippen molar-refractivity contribution in [3.63, 3.8) is 0 Å². The minimum Gasteiger partial charge on any atom is -0.444 e. The fraction of sp³-hybridized carbons (Fsp3) is 0.562. The Morgan fingerprint density at radius 3 is 2.90 bits per heavy atom. The number of rotatable bonds is 3. The lowest BCUT2D eigenvalue weighted by molar-refractivity contribution is 0.0506. The Morgan fingerprint density at radius 2 is 2.24 bits per heavy atom. The van der Waals surface area contributed by atoms with Gasteiger partial charge in [-0.25, -0.2) is 4.79 Å². The number of carbonyl (C=O) groups excluding carboxylic acids is 1. The second-order valence-electron chi connectivity index (χ2n) is 6.50. The van der Waals surface area contributed by atoms with E-state index in [1.807, 2.05) is 39.0 Å². The summed E-state index contributed by atoms with van der Waals surface area (Å²) in [6.07, 6.45) is 0.608. The number of halogens is 1. The minimum absolute atomic E-state index is 0.152. The maximum atomic E-state index is 11.8. The van der Waals surface area contributed by atoms with Crippen LogP contribution in [-0.2, 0) is 11.3 Å². The van der Waals surface area contributed by atoms with Gasteiger partial charge >= 0.3 is 6.09 Å². The van der Waals surface area contributed by atoms with Gasteiger partial charge in [0.2, 0.25) is 0 Å². The first kappa shape index (κ1) is 16.1. The average molecular weight is 311 g/mol. The van der Waals surface area contributed by atoms with Crippen LogP contribution in [0.5, 0.6) is 0 Å². The van der Waals surface area contributed by atoms with Crippen LogP contribution in [0.3, 0.4) is 0 Å². The molecule has 1 aliphatic heterocycles. The fourth-order valence-electron chi connectivity index (χ4n) is 2.46. The van der Waals surface area contributed by atoms with Gasteiger partial charge in [0.1, 0.15) is 5.60 Å². The molecular formula is C16H23ClN2O2. The molecule has 1 atom stereocenters. The number of carbonyl (C=O) groups is 1. The first-order chi connectivity index (χ1) is 9.82. The fourth-order valence-corrected chi connectivity index (χ4v) is 2.67. The average Bonchev–Trinajstić information content (AvgIpc) is 2.73. The number of ether oxygens (including phenoxy) is 1. The topological polar surface area (TPSA) is 41.6 Å². The molecule has 1 aromatic rings. The lowest BCUT2D eigenvalue weighted by Crippen LogP contribution is -2.40. The molecule has 1 aromatic carbocycles. The molecule has 1 N–H and O–H groups in total. The van der Waals surface area contributed by atoms with Crippen molar-refractivity contribution in [3.8, 4) is 0 Å². The second-order valence-corrected chi connectivity index (χ2v) is 6.93. The van der Waals surface area contributed by atoms with Gasteiger partial charge in [-0.15, -0.1) is 0 Å². The highest BCUT2D eigenvalue weighted by Crippen LogP contribution is 2.17. The zero-order chi connectivity index (χ0) is 15.5. The van der Waals surface area contributed by atoms with Gasteiger partial charge in [0, 0.05) is 30.7 Å². The number of hydrogen-bond donors (Lipinski definition) is 1. The predicted octanol–water partition coefficient (Wildman–Crippen LogP) is 3.44. The lowest BCUT2D eigenvalue weighted by atomic mass is 10.2. The van der Waals surface area contributed by atoms with Crippen molar-refractivity contribution in [3.05, 3.63) is 34.9 Å². The van der Waals surface area contributed by atoms with Crippen LogP contribution in [-0.4, -0.2) is 35.7 Å². The van der Waals surface area contributed by atoms with Crippen LogP contribution in [0.2, 0.25) is 5.02 Å². The summed E-state index contributed by atoms with van der Waals surface area (Å²) in [4.78, 5) is 14.1. The number of likely N-dealkylation sites (tertiary alicyclic amines) is 1. The standard InChI is InChI=1S/C16H23ClN2O2/c1-16(2,3)21-15(20)18-14-7-8-19(11-14)10-12-5-4-6-13(17)9-12/h4-6,9,14H,7-8,10-11H2,1-3H3,(H,18,20)/t14-/m1/s1. The van der Waals surface area contributed by atoms with E-state index in [0.717, 1.165) is 31.1 Å². The zero-order valence-corrected chi connectivity index (χ0v) is 13.6. The maximum absolute atomic E-state index is 11.8. The number of benzene rings is 1. The molecule has 1 amide bonds. The van der Waals surface area contributed by atoms with E-state index in [1.54, 1.807) is 0 Å². The molecule has 4 nitrogen and oxygen atoms in total. The quantitative estimate of drug-likeness (QED) is 0.930. The van der Waals surface area contributed by atoms with Crippen molar-refractivity contribution in [1.29, 1.82) is 0 Å². The van der Waals surface area contributed by atoms with Gasteiger partial charge in [0.15, 0.2) is 0 Å².